The topological polar surface area (TPSA) is 118 Å². The van der Waals surface area contributed by atoms with Gasteiger partial charge in [0.2, 0.25) is 5.91 Å². The number of hydrogen-bond acceptors (Lipinski definition) is 8. The molecule has 0 saturated carbocycles. The summed E-state index contributed by atoms with van der Waals surface area (Å²) in [4.78, 5) is 59.4. The van der Waals surface area contributed by atoms with Crippen LogP contribution in [0, 0.1) is 0 Å². The number of ketones is 1. The van der Waals surface area contributed by atoms with Crippen LogP contribution in [0.3, 0.4) is 0 Å². The fourth-order valence-corrected chi connectivity index (χ4v) is 5.95. The minimum atomic E-state index is -1.14. The van der Waals surface area contributed by atoms with Gasteiger partial charge in [0, 0.05) is 31.0 Å². The number of benzene rings is 4. The average molecular weight is 649 g/mol. The Labute approximate surface area is 278 Å². The van der Waals surface area contributed by atoms with Crippen LogP contribution in [-0.4, -0.2) is 75.5 Å². The van der Waals surface area contributed by atoms with Crippen molar-refractivity contribution in [1.29, 1.82) is 0 Å². The van der Waals surface area contributed by atoms with Crippen molar-refractivity contribution >= 4 is 40.6 Å². The highest BCUT2D eigenvalue weighted by Crippen LogP contribution is 2.32. The zero-order valence-corrected chi connectivity index (χ0v) is 26.8. The first-order valence-corrected chi connectivity index (χ1v) is 15.6. The van der Waals surface area contributed by atoms with Crippen molar-refractivity contribution in [2.45, 2.75) is 12.6 Å². The second-order valence-electron chi connectivity index (χ2n) is 11.4. The van der Waals surface area contributed by atoms with E-state index in [1.165, 1.54) is 16.9 Å². The highest BCUT2D eigenvalue weighted by atomic mass is 16.5. The summed E-state index contributed by atoms with van der Waals surface area (Å²) in [5, 5.41) is 3.00. The minimum Gasteiger partial charge on any atom is -0.497 e. The third-order valence-electron chi connectivity index (χ3n) is 8.49. The number of morpholine rings is 1. The predicted molar refractivity (Wildman–Crippen MR) is 181 cm³/mol. The number of nitrogens with zero attached hydrogens (tertiary/aromatic N) is 3. The van der Waals surface area contributed by atoms with Crippen LogP contribution in [0.1, 0.15) is 27.5 Å². The number of nitrogens with one attached hydrogen (secondary N) is 1. The molecule has 0 radical (unpaired) electrons. The number of carbonyl (C=O) groups is 4. The quantitative estimate of drug-likeness (QED) is 0.237. The first-order valence-electron chi connectivity index (χ1n) is 15.6. The second-order valence-corrected chi connectivity index (χ2v) is 11.4. The fraction of sp³-hybridized carbons (Fsp3) is 0.243. The Bertz CT molecular complexity index is 1800. The van der Waals surface area contributed by atoms with Crippen LogP contribution < -0.4 is 24.6 Å². The third kappa shape index (κ3) is 6.86. The van der Waals surface area contributed by atoms with E-state index < -0.39 is 36.1 Å². The van der Waals surface area contributed by atoms with Crippen LogP contribution in [0.5, 0.6) is 11.5 Å². The standard InChI is InChI=1S/C37H36N4O7/c1-46-29-16-10-25(11-17-29)23-41(33(42)24-40-32-9-4-3-8-31(32)35(43)37(40)45)34(26-6-5-7-30(22-26)47-2)36(44)38-27-12-14-28(15-13-27)39-18-20-48-21-19-39/h3-17,22,34H,18-21,23-24H2,1-2H3,(H,38,44). The zero-order chi connectivity index (χ0) is 33.6. The molecule has 0 aromatic heterocycles. The lowest BCUT2D eigenvalue weighted by Gasteiger charge is -2.33. The van der Waals surface area contributed by atoms with E-state index in [2.05, 4.69) is 10.2 Å². The van der Waals surface area contributed by atoms with E-state index in [9.17, 15) is 19.2 Å². The van der Waals surface area contributed by atoms with Gasteiger partial charge in [0.25, 0.3) is 17.6 Å². The summed E-state index contributed by atoms with van der Waals surface area (Å²) < 4.78 is 16.3. The van der Waals surface area contributed by atoms with Crippen LogP contribution in [0.4, 0.5) is 17.1 Å². The molecule has 3 amide bonds. The monoisotopic (exact) mass is 648 g/mol. The number of amides is 3. The SMILES string of the molecule is COc1ccc(CN(C(=O)CN2C(=O)C(=O)c3ccccc32)C(C(=O)Nc2ccc(N3CCOCC3)cc2)c2cccc(OC)c2)cc1. The van der Waals surface area contributed by atoms with E-state index in [1.54, 1.807) is 67.8 Å². The Balaban J connectivity index is 1.35. The number of methoxy groups -OCH3 is 2. The number of fused-ring (bicyclic) bond motifs is 1. The Kier molecular flexibility index (Phi) is 9.67. The Morgan fingerprint density at radius 3 is 2.27 bits per heavy atom. The van der Waals surface area contributed by atoms with E-state index in [0.29, 0.717) is 41.7 Å². The molecule has 1 unspecified atom stereocenters. The van der Waals surface area contributed by atoms with Gasteiger partial charge in [0.15, 0.2) is 0 Å². The lowest BCUT2D eigenvalue weighted by atomic mass is 10.0. The van der Waals surface area contributed by atoms with Gasteiger partial charge in [0.1, 0.15) is 24.1 Å². The molecule has 11 heteroatoms. The van der Waals surface area contributed by atoms with Gasteiger partial charge in [-0.3, -0.25) is 24.1 Å². The van der Waals surface area contributed by atoms with Gasteiger partial charge in [-0.2, -0.15) is 0 Å². The van der Waals surface area contributed by atoms with Gasteiger partial charge < -0.3 is 29.3 Å². The molecule has 0 spiro atoms. The molecule has 6 rings (SSSR count). The number of carbonyl (C=O) groups excluding carboxylic acids is 4. The van der Waals surface area contributed by atoms with Crippen LogP contribution in [0.25, 0.3) is 0 Å². The van der Waals surface area contributed by atoms with Crippen molar-refractivity contribution in [1.82, 2.24) is 4.90 Å². The van der Waals surface area contributed by atoms with Gasteiger partial charge in [-0.25, -0.2) is 0 Å². The predicted octanol–water partition coefficient (Wildman–Crippen LogP) is 4.48. The summed E-state index contributed by atoms with van der Waals surface area (Å²) in [6, 6.07) is 27.1. The molecule has 1 N–H and O–H groups in total. The number of anilines is 3. The first-order chi connectivity index (χ1) is 23.4. The largest absolute Gasteiger partial charge is 0.497 e. The fourth-order valence-electron chi connectivity index (χ4n) is 5.95. The molecule has 1 saturated heterocycles. The van der Waals surface area contributed by atoms with Gasteiger partial charge in [-0.15, -0.1) is 0 Å². The summed E-state index contributed by atoms with van der Waals surface area (Å²) in [6.07, 6.45) is 0. The van der Waals surface area contributed by atoms with E-state index in [0.717, 1.165) is 24.3 Å². The van der Waals surface area contributed by atoms with Crippen molar-refractivity contribution in [3.05, 3.63) is 114 Å². The Hall–Kier alpha value is -5.68. The average Bonchev–Trinajstić information content (AvgIpc) is 3.37. The van der Waals surface area contributed by atoms with E-state index in [4.69, 9.17) is 14.2 Å². The molecule has 4 aromatic rings. The maximum Gasteiger partial charge on any atom is 0.299 e. The highest BCUT2D eigenvalue weighted by molar-refractivity contribution is 6.52. The molecular weight excluding hydrogens is 612 g/mol. The van der Waals surface area contributed by atoms with Crippen molar-refractivity contribution in [2.75, 3.05) is 62.2 Å². The van der Waals surface area contributed by atoms with Crippen molar-refractivity contribution in [3.8, 4) is 11.5 Å². The summed E-state index contributed by atoms with van der Waals surface area (Å²) in [5.74, 6) is -1.33. The summed E-state index contributed by atoms with van der Waals surface area (Å²) in [5.41, 5.74) is 3.39. The maximum atomic E-state index is 14.4. The van der Waals surface area contributed by atoms with Crippen LogP contribution in [-0.2, 0) is 25.7 Å². The van der Waals surface area contributed by atoms with Crippen LogP contribution >= 0.6 is 0 Å². The number of rotatable bonds is 11. The summed E-state index contributed by atoms with van der Waals surface area (Å²) in [6.45, 7) is 2.44. The molecule has 4 aromatic carbocycles. The molecule has 2 aliphatic rings. The third-order valence-corrected chi connectivity index (χ3v) is 8.49. The van der Waals surface area contributed by atoms with Gasteiger partial charge in [0.05, 0.1) is 38.7 Å². The molecule has 2 heterocycles. The van der Waals surface area contributed by atoms with Crippen molar-refractivity contribution in [3.63, 3.8) is 0 Å². The molecule has 1 atom stereocenters. The number of hydrogen-bond donors (Lipinski definition) is 1. The molecule has 0 bridgehead atoms. The molecule has 48 heavy (non-hydrogen) atoms. The lowest BCUT2D eigenvalue weighted by molar-refractivity contribution is -0.139. The molecular formula is C37H36N4O7. The first kappa shape index (κ1) is 32.3. The van der Waals surface area contributed by atoms with Crippen LogP contribution in [0.15, 0.2) is 97.1 Å². The smallest absolute Gasteiger partial charge is 0.299 e. The number of Topliss-reactive ketones (excluding diaryl/α,β-unsaturated/α-hetero) is 1. The summed E-state index contributed by atoms with van der Waals surface area (Å²) in [7, 11) is 3.09. The number of para-hydroxylation sites is 1. The molecule has 246 valence electrons. The van der Waals surface area contributed by atoms with E-state index in [-0.39, 0.29) is 12.1 Å². The minimum absolute atomic E-state index is 0.0196. The Morgan fingerprint density at radius 2 is 1.56 bits per heavy atom. The normalized spacial score (nSPS) is 14.7. The molecule has 1 fully saturated rings. The van der Waals surface area contributed by atoms with Gasteiger partial charge in [-0.05, 0) is 71.8 Å². The van der Waals surface area contributed by atoms with Crippen LogP contribution in [0.2, 0.25) is 0 Å². The molecule has 11 nitrogen and oxygen atoms in total. The second kappa shape index (κ2) is 14.4. The number of ether oxygens (including phenoxy) is 3. The van der Waals surface area contributed by atoms with Gasteiger partial charge in [-0.1, -0.05) is 36.4 Å². The van der Waals surface area contributed by atoms with Crippen molar-refractivity contribution in [2.24, 2.45) is 0 Å². The summed E-state index contributed by atoms with van der Waals surface area (Å²) >= 11 is 0. The highest BCUT2D eigenvalue weighted by Gasteiger charge is 2.39. The van der Waals surface area contributed by atoms with Gasteiger partial charge >= 0.3 is 0 Å². The Morgan fingerprint density at radius 1 is 0.854 bits per heavy atom. The van der Waals surface area contributed by atoms with E-state index >= 15 is 0 Å². The lowest BCUT2D eigenvalue weighted by Crippen LogP contribution is -2.46. The zero-order valence-electron chi connectivity index (χ0n) is 26.8. The molecule has 2 aliphatic heterocycles. The van der Waals surface area contributed by atoms with Crippen molar-refractivity contribution < 1.29 is 33.4 Å². The molecule has 0 aliphatic carbocycles. The maximum absolute atomic E-state index is 14.4. The van der Waals surface area contributed by atoms with E-state index in [1.807, 2.05) is 36.4 Å².